The number of nitrogens with zero attached hydrogens (tertiary/aromatic N) is 4. The Labute approximate surface area is 654 Å². The standard InChI is InChI=1S/C108H74N4/c1-103(2)86-37-17-22-42-92(86)108(99-61-68(49-54-88(99)103)67-50-55-95-98(60-67)104(3,4)87-38-18-21-41-91(87)106(95)83-35-15-12-31-78(83)81-59-70(51-53-85(81)106)75-29-10-9-28-73(75)64-109)84-36-16-13-32-80(84)102-76(33-25-45-96(102)108)69-46-47-72(74(58-69)65-110)63-105(5)89-39-19-23-43-93(89)107(94-44-24-20-40-90(94)105)82-34-14-11-30-77(82)79-52-48-71(62-97(79)107)101-57-56-100(111-112-101)66-26-7-6-8-27-66/h6-62H,63H2,1-5H3. The number of hydrogen-bond acceptors (Lipinski definition) is 4. The van der Waals surface area contributed by atoms with E-state index >= 15 is 0 Å². The zero-order valence-electron chi connectivity index (χ0n) is 62.9. The molecule has 0 bridgehead atoms. The van der Waals surface area contributed by atoms with Crippen LogP contribution in [0.3, 0.4) is 0 Å². The highest BCUT2D eigenvalue weighted by Crippen LogP contribution is 2.68. The van der Waals surface area contributed by atoms with Crippen LogP contribution < -0.4 is 0 Å². The SMILES string of the molecule is CC1(C)c2ccccc2C2(c3ccccc3-c3cc(-c4ccccc4C#N)ccc32)c2ccc(-c3ccc4c(c3)C3(c5ccccc5-c5c(-c6ccc(CC7(C)c8ccccc8C8(c9ccccc9-c9ccc(-c%10ccc(-c%11ccccc%11)nn%10)cc98)c8ccccc87)c(C#N)c6)cccc53)c3ccccc3C4(C)C)cc21. The van der Waals surface area contributed by atoms with Gasteiger partial charge in [0.15, 0.2) is 0 Å². The van der Waals surface area contributed by atoms with Gasteiger partial charge in [0.1, 0.15) is 0 Å². The smallest absolute Gasteiger partial charge is 0.0998 e. The van der Waals surface area contributed by atoms with E-state index in [0.717, 1.165) is 50.3 Å². The zero-order chi connectivity index (χ0) is 75.2. The minimum Gasteiger partial charge on any atom is -0.192 e. The van der Waals surface area contributed by atoms with Gasteiger partial charge in [0.05, 0.1) is 50.9 Å². The Kier molecular flexibility index (Phi) is 13.8. The minimum atomic E-state index is -0.713. The van der Waals surface area contributed by atoms with Crippen molar-refractivity contribution in [2.24, 2.45) is 0 Å². The molecule has 6 aliphatic rings. The zero-order valence-corrected chi connectivity index (χ0v) is 62.9. The maximum absolute atomic E-state index is 11.8. The summed E-state index contributed by atoms with van der Waals surface area (Å²) in [6.07, 6.45) is 0.599. The molecular formula is C108H74N4. The number of aromatic nitrogens is 2. The average molecular weight is 1430 g/mol. The second-order valence-electron chi connectivity index (χ2n) is 32.9. The molecule has 0 saturated heterocycles. The molecule has 4 nitrogen and oxygen atoms in total. The highest BCUT2D eigenvalue weighted by molar-refractivity contribution is 5.98. The Hall–Kier alpha value is -13.6. The maximum Gasteiger partial charge on any atom is 0.0998 e. The maximum atomic E-state index is 11.8. The number of hydrogen-bond donors (Lipinski definition) is 0. The number of rotatable bonds is 7. The Bertz CT molecular complexity index is 6810. The van der Waals surface area contributed by atoms with Crippen molar-refractivity contribution in [1.29, 1.82) is 10.5 Å². The molecule has 2 unspecified atom stereocenters. The molecule has 0 aliphatic heterocycles. The van der Waals surface area contributed by atoms with E-state index in [1.54, 1.807) is 0 Å². The minimum absolute atomic E-state index is 0.352. The van der Waals surface area contributed by atoms with Crippen molar-refractivity contribution in [2.45, 2.75) is 73.5 Å². The van der Waals surface area contributed by atoms with Crippen molar-refractivity contribution in [3.8, 4) is 101 Å². The molecule has 16 aromatic rings. The predicted octanol–water partition coefficient (Wildman–Crippen LogP) is 24.8. The highest BCUT2D eigenvalue weighted by Gasteiger charge is 2.58. The first-order valence-corrected chi connectivity index (χ1v) is 39.2. The van der Waals surface area contributed by atoms with Crippen LogP contribution in [0.15, 0.2) is 346 Å². The fraction of sp³-hybridized carbons (Fsp3) is 0.111. The Morgan fingerprint density at radius 1 is 0.232 bits per heavy atom. The number of fused-ring (bicyclic) bond motifs is 27. The molecule has 0 saturated carbocycles. The Morgan fingerprint density at radius 3 is 1.24 bits per heavy atom. The number of benzene rings is 15. The molecule has 1 heterocycles. The molecule has 0 fully saturated rings. The van der Waals surface area contributed by atoms with E-state index in [-0.39, 0.29) is 10.8 Å². The summed E-state index contributed by atoms with van der Waals surface area (Å²) in [5.41, 5.74) is 39.4. The third-order valence-corrected chi connectivity index (χ3v) is 27.0. The van der Waals surface area contributed by atoms with Gasteiger partial charge in [0.25, 0.3) is 0 Å². The highest BCUT2D eigenvalue weighted by atomic mass is 15.1. The normalized spacial score (nSPS) is 17.3. The van der Waals surface area contributed by atoms with Crippen LogP contribution in [0.5, 0.6) is 0 Å². The van der Waals surface area contributed by atoms with Crippen molar-refractivity contribution in [2.75, 3.05) is 0 Å². The van der Waals surface area contributed by atoms with Gasteiger partial charge in [-0.1, -0.05) is 332 Å². The van der Waals surface area contributed by atoms with Gasteiger partial charge in [-0.25, -0.2) is 0 Å². The second kappa shape index (κ2) is 23.7. The van der Waals surface area contributed by atoms with Gasteiger partial charge in [-0.05, 0) is 227 Å². The lowest BCUT2D eigenvalue weighted by molar-refractivity contribution is 0.514. The summed E-state index contributed by atoms with van der Waals surface area (Å²) >= 11 is 0. The van der Waals surface area contributed by atoms with Crippen molar-refractivity contribution in [3.05, 3.63) is 463 Å². The molecule has 526 valence electrons. The summed E-state index contributed by atoms with van der Waals surface area (Å²) in [6.45, 7) is 12.1. The molecule has 4 heteroatoms. The summed E-state index contributed by atoms with van der Waals surface area (Å²) in [7, 11) is 0. The fourth-order valence-electron chi connectivity index (χ4n) is 22.2. The van der Waals surface area contributed by atoms with E-state index < -0.39 is 21.7 Å². The van der Waals surface area contributed by atoms with Crippen LogP contribution in [0.25, 0.3) is 89.3 Å². The van der Waals surface area contributed by atoms with Crippen molar-refractivity contribution >= 4 is 0 Å². The summed E-state index contributed by atoms with van der Waals surface area (Å²) in [4.78, 5) is 0. The summed E-state index contributed by atoms with van der Waals surface area (Å²) in [5, 5.41) is 31.7. The monoisotopic (exact) mass is 1430 g/mol. The van der Waals surface area contributed by atoms with E-state index in [9.17, 15) is 10.5 Å². The first-order valence-electron chi connectivity index (χ1n) is 39.2. The van der Waals surface area contributed by atoms with Crippen LogP contribution in [-0.2, 0) is 38.9 Å². The largest absolute Gasteiger partial charge is 0.192 e. The molecule has 0 radical (unpaired) electrons. The first-order chi connectivity index (χ1) is 54.8. The molecule has 0 N–H and O–H groups in total. The summed E-state index contributed by atoms with van der Waals surface area (Å²) in [5.74, 6) is 0. The van der Waals surface area contributed by atoms with Crippen LogP contribution in [0.1, 0.15) is 151 Å². The van der Waals surface area contributed by atoms with E-state index in [1.165, 1.54) is 145 Å². The quantitative estimate of drug-likeness (QED) is 0.159. The van der Waals surface area contributed by atoms with Gasteiger partial charge in [-0.2, -0.15) is 10.5 Å². The third kappa shape index (κ3) is 8.54. The van der Waals surface area contributed by atoms with Gasteiger partial charge in [-0.15, -0.1) is 10.2 Å². The fourth-order valence-corrected chi connectivity index (χ4v) is 22.2. The topological polar surface area (TPSA) is 73.4 Å². The van der Waals surface area contributed by atoms with Crippen molar-refractivity contribution in [3.63, 3.8) is 0 Å². The second-order valence-corrected chi connectivity index (χ2v) is 32.9. The molecule has 112 heavy (non-hydrogen) atoms. The molecule has 22 rings (SSSR count). The van der Waals surface area contributed by atoms with Gasteiger partial charge in [0, 0.05) is 27.4 Å². The Morgan fingerprint density at radius 2 is 0.616 bits per heavy atom. The molecule has 15 aromatic carbocycles. The van der Waals surface area contributed by atoms with Crippen LogP contribution in [-0.4, -0.2) is 10.2 Å². The molecule has 0 amide bonds. The van der Waals surface area contributed by atoms with E-state index in [1.807, 2.05) is 36.4 Å². The lowest BCUT2D eigenvalue weighted by Gasteiger charge is -2.48. The Balaban J connectivity index is 0.671. The van der Waals surface area contributed by atoms with Crippen LogP contribution >= 0.6 is 0 Å². The van der Waals surface area contributed by atoms with Crippen molar-refractivity contribution in [1.82, 2.24) is 10.2 Å². The van der Waals surface area contributed by atoms with Gasteiger partial charge in [0.2, 0.25) is 0 Å². The molecular weight excluding hydrogens is 1350 g/mol. The van der Waals surface area contributed by atoms with Gasteiger partial charge in [-0.3, -0.25) is 0 Å². The summed E-state index contributed by atoms with van der Waals surface area (Å²) < 4.78 is 0. The van der Waals surface area contributed by atoms with Gasteiger partial charge < -0.3 is 0 Å². The average Bonchev–Trinajstić information content (AvgIpc) is 1.63. The third-order valence-electron chi connectivity index (χ3n) is 27.0. The van der Waals surface area contributed by atoms with Crippen molar-refractivity contribution < 1.29 is 0 Å². The predicted molar refractivity (Wildman–Crippen MR) is 451 cm³/mol. The molecule has 1 aromatic heterocycles. The van der Waals surface area contributed by atoms with Crippen LogP contribution in [0.2, 0.25) is 0 Å². The lowest BCUT2D eigenvalue weighted by atomic mass is 9.54. The molecule has 2 atom stereocenters. The van der Waals surface area contributed by atoms with Crippen LogP contribution in [0.4, 0.5) is 0 Å². The molecule has 3 spiro atoms. The van der Waals surface area contributed by atoms with Crippen LogP contribution in [0, 0.1) is 22.7 Å². The van der Waals surface area contributed by atoms with E-state index in [4.69, 9.17) is 10.2 Å². The number of nitriles is 2. The summed E-state index contributed by atoms with van der Waals surface area (Å²) in [6, 6.07) is 134. The van der Waals surface area contributed by atoms with E-state index in [2.05, 4.69) is 356 Å². The molecule has 6 aliphatic carbocycles. The first kappa shape index (κ1) is 65.4. The van der Waals surface area contributed by atoms with E-state index in [0.29, 0.717) is 17.5 Å². The van der Waals surface area contributed by atoms with Gasteiger partial charge >= 0.3 is 0 Å². The lowest BCUT2D eigenvalue weighted by Crippen LogP contribution is -2.43.